The molecule has 2 unspecified atom stereocenters. The van der Waals surface area contributed by atoms with Crippen LogP contribution in [0.5, 0.6) is 5.75 Å². The predicted octanol–water partition coefficient (Wildman–Crippen LogP) is 5.88. The molecular formula is C21H32O. The third kappa shape index (κ3) is 3.50. The Balaban J connectivity index is 1.51. The lowest BCUT2D eigenvalue weighted by molar-refractivity contribution is 0.270. The smallest absolute Gasteiger partial charge is 0.119 e. The molecule has 2 aliphatic rings. The molecule has 1 aromatic carbocycles. The fourth-order valence-corrected chi connectivity index (χ4v) is 4.94. The second kappa shape index (κ2) is 7.53. The van der Waals surface area contributed by atoms with E-state index < -0.39 is 0 Å². The first-order valence-corrected chi connectivity index (χ1v) is 9.59. The van der Waals surface area contributed by atoms with E-state index in [0.717, 1.165) is 24.2 Å². The fraction of sp³-hybridized carbons (Fsp3) is 0.714. The number of fused-ring (bicyclic) bond motifs is 2. The average Bonchev–Trinajstić information content (AvgIpc) is 2.92. The second-order valence-electron chi connectivity index (χ2n) is 7.64. The van der Waals surface area contributed by atoms with Gasteiger partial charge in [0.05, 0.1) is 0 Å². The number of unbranched alkanes of at least 4 members (excludes halogenated alkanes) is 5. The zero-order chi connectivity index (χ0) is 15.4. The van der Waals surface area contributed by atoms with Crippen LogP contribution in [0.4, 0.5) is 0 Å². The van der Waals surface area contributed by atoms with Crippen molar-refractivity contribution in [2.24, 2.45) is 17.8 Å². The van der Waals surface area contributed by atoms with Crippen molar-refractivity contribution in [1.82, 2.24) is 0 Å². The van der Waals surface area contributed by atoms with E-state index in [-0.39, 0.29) is 0 Å². The molecule has 0 amide bonds. The number of benzene rings is 1. The maximum atomic E-state index is 10.1. The minimum atomic E-state index is 0.537. The van der Waals surface area contributed by atoms with Crippen LogP contribution in [0.1, 0.15) is 75.8 Å². The Hall–Kier alpha value is -0.980. The zero-order valence-electron chi connectivity index (χ0n) is 14.2. The highest BCUT2D eigenvalue weighted by atomic mass is 16.3. The Labute approximate surface area is 136 Å². The van der Waals surface area contributed by atoms with Crippen molar-refractivity contribution < 1.29 is 5.11 Å². The molecule has 1 nitrogen and oxygen atoms in total. The molecule has 1 aromatic rings. The minimum Gasteiger partial charge on any atom is -0.508 e. The summed E-state index contributed by atoms with van der Waals surface area (Å²) in [5, 5.41) is 10.1. The largest absolute Gasteiger partial charge is 0.508 e. The summed E-state index contributed by atoms with van der Waals surface area (Å²) in [7, 11) is 0. The lowest BCUT2D eigenvalue weighted by atomic mass is 9.73. The van der Waals surface area contributed by atoms with Gasteiger partial charge in [0, 0.05) is 0 Å². The van der Waals surface area contributed by atoms with E-state index in [9.17, 15) is 5.11 Å². The summed E-state index contributed by atoms with van der Waals surface area (Å²) in [5.41, 5.74) is 2.68. The van der Waals surface area contributed by atoms with Gasteiger partial charge in [-0.25, -0.2) is 0 Å². The molecule has 0 heterocycles. The van der Waals surface area contributed by atoms with Gasteiger partial charge in [-0.05, 0) is 60.6 Å². The van der Waals surface area contributed by atoms with E-state index in [1.54, 1.807) is 0 Å². The Morgan fingerprint density at radius 1 is 1.00 bits per heavy atom. The highest BCUT2D eigenvalue weighted by molar-refractivity contribution is 5.41. The summed E-state index contributed by atoms with van der Waals surface area (Å²) >= 11 is 0. The van der Waals surface area contributed by atoms with Crippen molar-refractivity contribution in [2.75, 3.05) is 0 Å². The van der Waals surface area contributed by atoms with Gasteiger partial charge in [-0.1, -0.05) is 64.0 Å². The molecule has 0 aromatic heterocycles. The van der Waals surface area contributed by atoms with E-state index in [4.69, 9.17) is 0 Å². The van der Waals surface area contributed by atoms with Crippen LogP contribution in [0.3, 0.4) is 0 Å². The van der Waals surface area contributed by atoms with Gasteiger partial charge in [-0.3, -0.25) is 0 Å². The van der Waals surface area contributed by atoms with Crippen LogP contribution in [0.15, 0.2) is 18.2 Å². The van der Waals surface area contributed by atoms with Crippen molar-refractivity contribution >= 4 is 0 Å². The van der Waals surface area contributed by atoms with Crippen molar-refractivity contribution in [1.29, 1.82) is 0 Å². The SMILES string of the molecule is CCCCCCCC[C@H]1CCC2Cc3c(O)cccc3CC21. The molecule has 0 saturated heterocycles. The summed E-state index contributed by atoms with van der Waals surface area (Å²) in [5.74, 6) is 3.22. The van der Waals surface area contributed by atoms with Crippen LogP contribution in [0, 0.1) is 17.8 Å². The highest BCUT2D eigenvalue weighted by Gasteiger charge is 2.39. The van der Waals surface area contributed by atoms with Gasteiger partial charge in [0.25, 0.3) is 0 Å². The van der Waals surface area contributed by atoms with Crippen LogP contribution in [-0.4, -0.2) is 5.11 Å². The van der Waals surface area contributed by atoms with Gasteiger partial charge in [0.15, 0.2) is 0 Å². The molecule has 1 heteroatoms. The van der Waals surface area contributed by atoms with Crippen LogP contribution in [0.2, 0.25) is 0 Å². The van der Waals surface area contributed by atoms with Crippen LogP contribution >= 0.6 is 0 Å². The number of hydrogen-bond acceptors (Lipinski definition) is 1. The second-order valence-corrected chi connectivity index (χ2v) is 7.64. The molecule has 2 aliphatic carbocycles. The summed E-state index contributed by atoms with van der Waals surface area (Å²) in [6, 6.07) is 6.12. The maximum Gasteiger partial charge on any atom is 0.119 e. The summed E-state index contributed by atoms with van der Waals surface area (Å²) in [4.78, 5) is 0. The van der Waals surface area contributed by atoms with E-state index in [0.29, 0.717) is 5.75 Å². The Morgan fingerprint density at radius 3 is 2.68 bits per heavy atom. The Morgan fingerprint density at radius 2 is 1.82 bits per heavy atom. The molecule has 3 rings (SSSR count). The normalized spacial score (nSPS) is 26.7. The molecule has 1 saturated carbocycles. The first-order valence-electron chi connectivity index (χ1n) is 9.59. The Bertz CT molecular complexity index is 479. The van der Waals surface area contributed by atoms with Gasteiger partial charge in [0.2, 0.25) is 0 Å². The van der Waals surface area contributed by atoms with Crippen molar-refractivity contribution in [2.45, 2.75) is 77.6 Å². The quantitative estimate of drug-likeness (QED) is 0.623. The third-order valence-electron chi connectivity index (χ3n) is 6.22. The number of phenols is 1. The zero-order valence-corrected chi connectivity index (χ0v) is 14.2. The van der Waals surface area contributed by atoms with Gasteiger partial charge in [0.1, 0.15) is 5.75 Å². The summed E-state index contributed by atoms with van der Waals surface area (Å²) in [6.45, 7) is 2.29. The molecule has 0 radical (unpaired) electrons. The molecule has 1 fully saturated rings. The van der Waals surface area contributed by atoms with Crippen molar-refractivity contribution in [3.05, 3.63) is 29.3 Å². The third-order valence-corrected chi connectivity index (χ3v) is 6.22. The summed E-state index contributed by atoms with van der Waals surface area (Å²) in [6.07, 6.45) is 15.1. The summed E-state index contributed by atoms with van der Waals surface area (Å²) < 4.78 is 0. The maximum absolute atomic E-state index is 10.1. The van der Waals surface area contributed by atoms with E-state index in [2.05, 4.69) is 13.0 Å². The topological polar surface area (TPSA) is 20.2 Å². The van der Waals surface area contributed by atoms with Gasteiger partial charge in [-0.2, -0.15) is 0 Å². The molecule has 3 atom stereocenters. The lowest BCUT2D eigenvalue weighted by Gasteiger charge is -2.31. The molecule has 1 N–H and O–H groups in total. The van der Waals surface area contributed by atoms with Gasteiger partial charge < -0.3 is 5.11 Å². The van der Waals surface area contributed by atoms with Crippen LogP contribution < -0.4 is 0 Å². The lowest BCUT2D eigenvalue weighted by Crippen LogP contribution is -2.25. The average molecular weight is 300 g/mol. The molecule has 22 heavy (non-hydrogen) atoms. The molecule has 0 spiro atoms. The van der Waals surface area contributed by atoms with E-state index in [1.165, 1.54) is 75.3 Å². The van der Waals surface area contributed by atoms with Gasteiger partial charge in [-0.15, -0.1) is 0 Å². The standard InChI is InChI=1S/C21H32O/c1-2-3-4-5-6-7-9-16-12-13-18-15-20-17(14-19(16)18)10-8-11-21(20)22/h8,10-11,16,18-19,22H,2-7,9,12-15H2,1H3/t16-,18?,19?/m0/s1. The number of aromatic hydroxyl groups is 1. The minimum absolute atomic E-state index is 0.537. The first kappa shape index (κ1) is 15.9. The van der Waals surface area contributed by atoms with Crippen molar-refractivity contribution in [3.8, 4) is 5.75 Å². The molecule has 0 bridgehead atoms. The molecular weight excluding hydrogens is 268 g/mol. The van der Waals surface area contributed by atoms with E-state index in [1.807, 2.05) is 12.1 Å². The number of phenolic OH excluding ortho intramolecular Hbond substituents is 1. The predicted molar refractivity (Wildman–Crippen MR) is 93.2 cm³/mol. The number of hydrogen-bond donors (Lipinski definition) is 1. The van der Waals surface area contributed by atoms with E-state index >= 15 is 0 Å². The molecule has 122 valence electrons. The first-order chi connectivity index (χ1) is 10.8. The van der Waals surface area contributed by atoms with Crippen LogP contribution in [-0.2, 0) is 12.8 Å². The molecule has 0 aliphatic heterocycles. The monoisotopic (exact) mass is 300 g/mol. The Kier molecular flexibility index (Phi) is 5.44. The van der Waals surface area contributed by atoms with Crippen molar-refractivity contribution in [3.63, 3.8) is 0 Å². The van der Waals surface area contributed by atoms with Gasteiger partial charge >= 0.3 is 0 Å². The highest BCUT2D eigenvalue weighted by Crippen LogP contribution is 2.48. The van der Waals surface area contributed by atoms with Crippen LogP contribution in [0.25, 0.3) is 0 Å². The number of rotatable bonds is 7. The fourth-order valence-electron chi connectivity index (χ4n) is 4.94.